The molecule has 1 atom stereocenters. The lowest BCUT2D eigenvalue weighted by Crippen LogP contribution is -2.34. The molecule has 2 N–H and O–H groups in total. The van der Waals surface area contributed by atoms with E-state index < -0.39 is 0 Å². The first-order valence-electron chi connectivity index (χ1n) is 7.97. The SMILES string of the molecule is Cc1nc2nccc(C(=O)NCC(c3ccc(Cl)cc3)N(C)C)c2[nH]1. The Kier molecular flexibility index (Phi) is 5.01. The molecule has 3 rings (SSSR count). The molecule has 3 aromatic rings. The third-order valence-corrected chi connectivity index (χ3v) is 4.34. The standard InChI is InChI=1S/C18H20ClN5O/c1-11-22-16-14(8-9-20-17(16)23-11)18(25)21-10-15(24(2)3)12-4-6-13(19)7-5-12/h4-9,15H,10H2,1-3H3,(H,21,25)(H,20,22,23). The van der Waals surface area contributed by atoms with Gasteiger partial charge in [0.15, 0.2) is 5.65 Å². The highest BCUT2D eigenvalue weighted by Gasteiger charge is 2.18. The zero-order chi connectivity index (χ0) is 18.0. The number of benzene rings is 1. The van der Waals surface area contributed by atoms with E-state index in [2.05, 4.69) is 25.2 Å². The molecule has 0 aliphatic carbocycles. The van der Waals surface area contributed by atoms with Crippen LogP contribution < -0.4 is 5.32 Å². The molecule has 130 valence electrons. The van der Waals surface area contributed by atoms with Crippen molar-refractivity contribution in [3.05, 3.63) is 58.5 Å². The maximum Gasteiger partial charge on any atom is 0.253 e. The number of hydrogen-bond donors (Lipinski definition) is 2. The van der Waals surface area contributed by atoms with Crippen molar-refractivity contribution < 1.29 is 4.79 Å². The lowest BCUT2D eigenvalue weighted by atomic mass is 10.1. The third kappa shape index (κ3) is 3.81. The number of fused-ring (bicyclic) bond motifs is 1. The highest BCUT2D eigenvalue weighted by Crippen LogP contribution is 2.20. The van der Waals surface area contributed by atoms with E-state index in [1.165, 1.54) is 0 Å². The maximum atomic E-state index is 12.7. The van der Waals surface area contributed by atoms with Crippen LogP contribution in [0.15, 0.2) is 36.5 Å². The van der Waals surface area contributed by atoms with E-state index in [1.54, 1.807) is 12.3 Å². The largest absolute Gasteiger partial charge is 0.350 e. The van der Waals surface area contributed by atoms with E-state index in [1.807, 2.05) is 45.3 Å². The van der Waals surface area contributed by atoms with Crippen molar-refractivity contribution in [1.29, 1.82) is 0 Å². The Morgan fingerprint density at radius 2 is 2.00 bits per heavy atom. The molecule has 0 aliphatic heterocycles. The zero-order valence-corrected chi connectivity index (χ0v) is 15.1. The van der Waals surface area contributed by atoms with Crippen LogP contribution in [0, 0.1) is 6.92 Å². The number of pyridine rings is 1. The van der Waals surface area contributed by atoms with Crippen LogP contribution in [0.25, 0.3) is 11.2 Å². The summed E-state index contributed by atoms with van der Waals surface area (Å²) >= 11 is 5.96. The van der Waals surface area contributed by atoms with Crippen LogP contribution >= 0.6 is 11.6 Å². The molecule has 25 heavy (non-hydrogen) atoms. The number of nitrogens with one attached hydrogen (secondary N) is 2. The van der Waals surface area contributed by atoms with E-state index >= 15 is 0 Å². The topological polar surface area (TPSA) is 73.9 Å². The molecule has 0 saturated heterocycles. The second-order valence-corrected chi connectivity index (χ2v) is 6.56. The number of H-pyrrole nitrogens is 1. The summed E-state index contributed by atoms with van der Waals surface area (Å²) < 4.78 is 0. The van der Waals surface area contributed by atoms with Gasteiger partial charge in [-0.15, -0.1) is 0 Å². The van der Waals surface area contributed by atoms with Gasteiger partial charge in [-0.1, -0.05) is 23.7 Å². The van der Waals surface area contributed by atoms with Gasteiger partial charge in [0.25, 0.3) is 5.91 Å². The zero-order valence-electron chi connectivity index (χ0n) is 14.4. The van der Waals surface area contributed by atoms with E-state index in [4.69, 9.17) is 11.6 Å². The van der Waals surface area contributed by atoms with Crippen molar-refractivity contribution in [2.45, 2.75) is 13.0 Å². The first-order valence-corrected chi connectivity index (χ1v) is 8.35. The summed E-state index contributed by atoms with van der Waals surface area (Å²) in [5.41, 5.74) is 2.84. The summed E-state index contributed by atoms with van der Waals surface area (Å²) in [5, 5.41) is 3.70. The van der Waals surface area contributed by atoms with Crippen LogP contribution in [0.1, 0.15) is 27.8 Å². The molecule has 6 nitrogen and oxygen atoms in total. The number of imidazole rings is 1. The number of aromatic nitrogens is 3. The number of carbonyl (C=O) groups excluding carboxylic acids is 1. The van der Waals surface area contributed by atoms with Crippen molar-refractivity contribution in [3.8, 4) is 0 Å². The molecular weight excluding hydrogens is 338 g/mol. The Bertz CT molecular complexity index is 888. The van der Waals surface area contributed by atoms with Crippen molar-refractivity contribution in [2.75, 3.05) is 20.6 Å². The smallest absolute Gasteiger partial charge is 0.253 e. The molecule has 1 unspecified atom stereocenters. The lowest BCUT2D eigenvalue weighted by Gasteiger charge is -2.25. The normalized spacial score (nSPS) is 12.5. The lowest BCUT2D eigenvalue weighted by molar-refractivity contribution is 0.0943. The second kappa shape index (κ2) is 7.21. The molecule has 2 heterocycles. The van der Waals surface area contributed by atoms with Crippen LogP contribution in [-0.4, -0.2) is 46.4 Å². The minimum Gasteiger partial charge on any atom is -0.350 e. The number of nitrogens with zero attached hydrogens (tertiary/aromatic N) is 3. The van der Waals surface area contributed by atoms with Gasteiger partial charge in [-0.2, -0.15) is 0 Å². The Labute approximate surface area is 151 Å². The van der Waals surface area contributed by atoms with Crippen molar-refractivity contribution in [1.82, 2.24) is 25.2 Å². The number of likely N-dealkylation sites (N-methyl/N-ethyl adjacent to an activating group) is 1. The number of aromatic amines is 1. The summed E-state index contributed by atoms with van der Waals surface area (Å²) in [7, 11) is 3.96. The number of rotatable bonds is 5. The van der Waals surface area contributed by atoms with Crippen molar-refractivity contribution >= 4 is 28.7 Å². The molecule has 7 heteroatoms. The molecule has 1 amide bonds. The van der Waals surface area contributed by atoms with Crippen LogP contribution in [0.2, 0.25) is 5.02 Å². The molecule has 0 aliphatic rings. The predicted octanol–water partition coefficient (Wildman–Crippen LogP) is 2.95. The minimum absolute atomic E-state index is 0.0436. The van der Waals surface area contributed by atoms with E-state index in [9.17, 15) is 4.79 Å². The Morgan fingerprint density at radius 1 is 1.28 bits per heavy atom. The van der Waals surface area contributed by atoms with Crippen LogP contribution in [-0.2, 0) is 0 Å². The fraction of sp³-hybridized carbons (Fsp3) is 0.278. The van der Waals surface area contributed by atoms with E-state index in [0.717, 1.165) is 11.4 Å². The van der Waals surface area contributed by atoms with Crippen LogP contribution in [0.5, 0.6) is 0 Å². The molecule has 0 bridgehead atoms. The number of amides is 1. The molecule has 0 radical (unpaired) electrons. The number of aryl methyl sites for hydroxylation is 1. The van der Waals surface area contributed by atoms with Gasteiger partial charge in [-0.3, -0.25) is 4.79 Å². The van der Waals surface area contributed by atoms with Gasteiger partial charge in [0.2, 0.25) is 0 Å². The number of halogens is 1. The van der Waals surface area contributed by atoms with E-state index in [-0.39, 0.29) is 11.9 Å². The van der Waals surface area contributed by atoms with Gasteiger partial charge in [-0.25, -0.2) is 9.97 Å². The summed E-state index contributed by atoms with van der Waals surface area (Å²) in [6.07, 6.45) is 1.60. The molecule has 0 saturated carbocycles. The van der Waals surface area contributed by atoms with Gasteiger partial charge in [0.1, 0.15) is 5.82 Å². The maximum absolute atomic E-state index is 12.7. The van der Waals surface area contributed by atoms with Gasteiger partial charge >= 0.3 is 0 Å². The monoisotopic (exact) mass is 357 g/mol. The summed E-state index contributed by atoms with van der Waals surface area (Å²) in [4.78, 5) is 26.3. The average molecular weight is 358 g/mol. The van der Waals surface area contributed by atoms with Gasteiger partial charge in [0.05, 0.1) is 17.1 Å². The predicted molar refractivity (Wildman–Crippen MR) is 98.8 cm³/mol. The fourth-order valence-corrected chi connectivity index (χ4v) is 2.91. The fourth-order valence-electron chi connectivity index (χ4n) is 2.78. The number of carbonyl (C=O) groups is 1. The third-order valence-electron chi connectivity index (χ3n) is 4.09. The summed E-state index contributed by atoms with van der Waals surface area (Å²) in [6, 6.07) is 9.40. The Balaban J connectivity index is 1.78. The molecule has 0 fully saturated rings. The van der Waals surface area contributed by atoms with E-state index in [0.29, 0.717) is 28.3 Å². The molecule has 0 spiro atoms. The van der Waals surface area contributed by atoms with Crippen molar-refractivity contribution in [3.63, 3.8) is 0 Å². The Morgan fingerprint density at radius 3 is 2.68 bits per heavy atom. The summed E-state index contributed by atoms with van der Waals surface area (Å²) in [6.45, 7) is 2.32. The second-order valence-electron chi connectivity index (χ2n) is 6.12. The minimum atomic E-state index is -0.156. The van der Waals surface area contributed by atoms with Crippen LogP contribution in [0.3, 0.4) is 0 Å². The van der Waals surface area contributed by atoms with Gasteiger partial charge < -0.3 is 15.2 Å². The first kappa shape index (κ1) is 17.4. The average Bonchev–Trinajstić information content (AvgIpc) is 2.96. The molecule has 1 aromatic carbocycles. The quantitative estimate of drug-likeness (QED) is 0.736. The molecular formula is C18H20ClN5O. The number of hydrogen-bond acceptors (Lipinski definition) is 4. The van der Waals surface area contributed by atoms with Gasteiger partial charge in [0, 0.05) is 17.8 Å². The first-order chi connectivity index (χ1) is 12.0. The van der Waals surface area contributed by atoms with Crippen LogP contribution in [0.4, 0.5) is 0 Å². The highest BCUT2D eigenvalue weighted by molar-refractivity contribution is 6.30. The summed E-state index contributed by atoms with van der Waals surface area (Å²) in [5.74, 6) is 0.576. The highest BCUT2D eigenvalue weighted by atomic mass is 35.5. The Hall–Kier alpha value is -2.44. The van der Waals surface area contributed by atoms with Crippen molar-refractivity contribution in [2.24, 2.45) is 0 Å². The van der Waals surface area contributed by atoms with Gasteiger partial charge in [-0.05, 0) is 44.8 Å². The molecule has 2 aromatic heterocycles.